The summed E-state index contributed by atoms with van der Waals surface area (Å²) in [6, 6.07) is 6.92. The highest BCUT2D eigenvalue weighted by atomic mass is 16.5. The van der Waals surface area contributed by atoms with Gasteiger partial charge in [-0.3, -0.25) is 14.4 Å². The summed E-state index contributed by atoms with van der Waals surface area (Å²) in [5.74, 6) is 0.440. The van der Waals surface area contributed by atoms with Crippen molar-refractivity contribution in [3.8, 4) is 5.75 Å². The predicted molar refractivity (Wildman–Crippen MR) is 98.3 cm³/mol. The first kappa shape index (κ1) is 19.9. The Kier molecular flexibility index (Phi) is 7.59. The average Bonchev–Trinajstić information content (AvgIpc) is 2.66. The van der Waals surface area contributed by atoms with Crippen molar-refractivity contribution < 1.29 is 19.1 Å². The van der Waals surface area contributed by atoms with E-state index in [0.29, 0.717) is 37.2 Å². The lowest BCUT2D eigenvalue weighted by Crippen LogP contribution is -2.50. The third-order valence-electron chi connectivity index (χ3n) is 4.51. The summed E-state index contributed by atoms with van der Waals surface area (Å²) < 4.78 is 5.06. The maximum absolute atomic E-state index is 12.1. The molecule has 7 nitrogen and oxygen atoms in total. The summed E-state index contributed by atoms with van der Waals surface area (Å²) in [5, 5.41) is 2.65. The monoisotopic (exact) mass is 361 g/mol. The number of carbonyl (C=O) groups excluding carboxylic acids is 3. The molecule has 1 aromatic carbocycles. The summed E-state index contributed by atoms with van der Waals surface area (Å²) in [4.78, 5) is 40.0. The third kappa shape index (κ3) is 6.15. The predicted octanol–water partition coefficient (Wildman–Crippen LogP) is 0.938. The van der Waals surface area contributed by atoms with E-state index in [1.807, 2.05) is 7.05 Å². The van der Waals surface area contributed by atoms with Gasteiger partial charge in [-0.05, 0) is 37.7 Å². The van der Waals surface area contributed by atoms with E-state index < -0.39 is 0 Å². The fourth-order valence-corrected chi connectivity index (χ4v) is 2.76. The smallest absolute Gasteiger partial charge is 0.242 e. The highest BCUT2D eigenvalue weighted by molar-refractivity contribution is 5.96. The van der Waals surface area contributed by atoms with Gasteiger partial charge in [0, 0.05) is 44.6 Å². The van der Waals surface area contributed by atoms with Crippen molar-refractivity contribution >= 4 is 17.6 Å². The summed E-state index contributed by atoms with van der Waals surface area (Å²) in [6.07, 6.45) is 0.990. The fraction of sp³-hybridized carbons (Fsp3) is 0.526. The number of hydrogen-bond donors (Lipinski definition) is 1. The van der Waals surface area contributed by atoms with Crippen molar-refractivity contribution in [1.82, 2.24) is 15.1 Å². The van der Waals surface area contributed by atoms with Gasteiger partial charge in [0.05, 0.1) is 13.7 Å². The first-order valence-corrected chi connectivity index (χ1v) is 8.90. The summed E-state index contributed by atoms with van der Waals surface area (Å²) >= 11 is 0. The minimum atomic E-state index is -0.199. The second-order valence-corrected chi connectivity index (χ2v) is 6.47. The molecule has 2 amide bonds. The van der Waals surface area contributed by atoms with Crippen molar-refractivity contribution in [1.29, 1.82) is 0 Å². The Morgan fingerprint density at radius 2 is 1.69 bits per heavy atom. The number of nitrogens with zero attached hydrogens (tertiary/aromatic N) is 2. The van der Waals surface area contributed by atoms with Crippen LogP contribution in [0.2, 0.25) is 0 Å². The van der Waals surface area contributed by atoms with E-state index in [2.05, 4.69) is 10.2 Å². The van der Waals surface area contributed by atoms with Gasteiger partial charge in [-0.25, -0.2) is 0 Å². The summed E-state index contributed by atoms with van der Waals surface area (Å²) in [7, 11) is 3.60. The van der Waals surface area contributed by atoms with Gasteiger partial charge in [-0.2, -0.15) is 0 Å². The van der Waals surface area contributed by atoms with Gasteiger partial charge in [0.2, 0.25) is 11.8 Å². The number of ketones is 1. The second-order valence-electron chi connectivity index (χ2n) is 6.47. The number of piperazine rings is 1. The van der Waals surface area contributed by atoms with Gasteiger partial charge in [0.15, 0.2) is 5.78 Å². The van der Waals surface area contributed by atoms with Crippen LogP contribution in [0, 0.1) is 0 Å². The largest absolute Gasteiger partial charge is 0.497 e. The first-order chi connectivity index (χ1) is 12.5. The lowest BCUT2D eigenvalue weighted by molar-refractivity contribution is -0.134. The quantitative estimate of drug-likeness (QED) is 0.697. The molecule has 2 rings (SSSR count). The fourth-order valence-electron chi connectivity index (χ4n) is 2.76. The number of hydrogen-bond acceptors (Lipinski definition) is 5. The van der Waals surface area contributed by atoms with Crippen LogP contribution < -0.4 is 10.1 Å². The third-order valence-corrected chi connectivity index (χ3v) is 4.51. The minimum absolute atomic E-state index is 0.00559. The van der Waals surface area contributed by atoms with Gasteiger partial charge in [0.25, 0.3) is 0 Å². The average molecular weight is 361 g/mol. The standard InChI is InChI=1S/C19H27N3O4/c1-21-10-12-22(13-11-21)19(25)14-20-18(24)5-3-4-17(23)15-6-8-16(26-2)9-7-15/h6-9H,3-5,10-14H2,1-2H3,(H,20,24). The van der Waals surface area contributed by atoms with E-state index in [9.17, 15) is 14.4 Å². The lowest BCUT2D eigenvalue weighted by Gasteiger charge is -2.32. The summed E-state index contributed by atoms with van der Waals surface area (Å²) in [5.41, 5.74) is 0.608. The van der Waals surface area contributed by atoms with Crippen LogP contribution in [0.25, 0.3) is 0 Å². The van der Waals surface area contributed by atoms with Gasteiger partial charge >= 0.3 is 0 Å². The van der Waals surface area contributed by atoms with Crippen LogP contribution >= 0.6 is 0 Å². The molecule has 0 radical (unpaired) electrons. The minimum Gasteiger partial charge on any atom is -0.497 e. The molecule has 1 N–H and O–H groups in total. The number of Topliss-reactive ketones (excluding diaryl/α,β-unsaturated/α-hetero) is 1. The Morgan fingerprint density at radius 3 is 2.31 bits per heavy atom. The Bertz CT molecular complexity index is 622. The Balaban J connectivity index is 1.63. The second kappa shape index (κ2) is 9.91. The number of rotatable bonds is 8. The number of nitrogens with one attached hydrogen (secondary N) is 1. The van der Waals surface area contributed by atoms with E-state index in [1.54, 1.807) is 36.3 Å². The van der Waals surface area contributed by atoms with E-state index in [1.165, 1.54) is 0 Å². The molecule has 0 spiro atoms. The molecule has 0 atom stereocenters. The molecular weight excluding hydrogens is 334 g/mol. The van der Waals surface area contributed by atoms with E-state index in [0.717, 1.165) is 13.1 Å². The van der Waals surface area contributed by atoms with Crippen LogP contribution in [0.1, 0.15) is 29.6 Å². The number of methoxy groups -OCH3 is 1. The molecule has 7 heteroatoms. The number of benzene rings is 1. The van der Waals surface area contributed by atoms with Crippen LogP contribution in [0.5, 0.6) is 5.75 Å². The van der Waals surface area contributed by atoms with Crippen molar-refractivity contribution in [2.75, 3.05) is 46.9 Å². The van der Waals surface area contributed by atoms with E-state index in [-0.39, 0.29) is 30.6 Å². The normalized spacial score (nSPS) is 14.8. The van der Waals surface area contributed by atoms with Crippen molar-refractivity contribution in [3.63, 3.8) is 0 Å². The Morgan fingerprint density at radius 1 is 1.04 bits per heavy atom. The first-order valence-electron chi connectivity index (χ1n) is 8.90. The highest BCUT2D eigenvalue weighted by Crippen LogP contribution is 2.13. The maximum atomic E-state index is 12.1. The molecule has 0 aromatic heterocycles. The molecule has 1 saturated heterocycles. The molecule has 1 aliphatic rings. The summed E-state index contributed by atoms with van der Waals surface area (Å²) in [6.45, 7) is 3.12. The molecular formula is C19H27N3O4. The molecule has 0 unspecified atom stereocenters. The molecule has 142 valence electrons. The molecule has 0 bridgehead atoms. The highest BCUT2D eigenvalue weighted by Gasteiger charge is 2.19. The number of amides is 2. The van der Waals surface area contributed by atoms with Crippen LogP contribution in [0.4, 0.5) is 0 Å². The van der Waals surface area contributed by atoms with Crippen molar-refractivity contribution in [3.05, 3.63) is 29.8 Å². The van der Waals surface area contributed by atoms with Crippen LogP contribution in [0.15, 0.2) is 24.3 Å². The SMILES string of the molecule is COc1ccc(C(=O)CCCC(=O)NCC(=O)N2CCN(C)CC2)cc1. The molecule has 1 fully saturated rings. The number of ether oxygens (including phenoxy) is 1. The molecule has 0 aliphatic carbocycles. The topological polar surface area (TPSA) is 78.9 Å². The van der Waals surface area contributed by atoms with Gasteiger partial charge in [0.1, 0.15) is 5.75 Å². The molecule has 1 aromatic rings. The van der Waals surface area contributed by atoms with Gasteiger partial charge < -0.3 is 19.9 Å². The Labute approximate surface area is 154 Å². The maximum Gasteiger partial charge on any atom is 0.242 e. The zero-order chi connectivity index (χ0) is 18.9. The molecule has 26 heavy (non-hydrogen) atoms. The van der Waals surface area contributed by atoms with Crippen LogP contribution in [-0.2, 0) is 9.59 Å². The molecule has 0 saturated carbocycles. The van der Waals surface area contributed by atoms with Gasteiger partial charge in [-0.15, -0.1) is 0 Å². The zero-order valence-electron chi connectivity index (χ0n) is 15.5. The van der Waals surface area contributed by atoms with E-state index in [4.69, 9.17) is 4.74 Å². The van der Waals surface area contributed by atoms with Crippen LogP contribution in [-0.4, -0.2) is 74.3 Å². The Hall–Kier alpha value is -2.41. The lowest BCUT2D eigenvalue weighted by atomic mass is 10.1. The van der Waals surface area contributed by atoms with Gasteiger partial charge in [-0.1, -0.05) is 0 Å². The molecule has 1 aliphatic heterocycles. The van der Waals surface area contributed by atoms with Crippen LogP contribution in [0.3, 0.4) is 0 Å². The zero-order valence-corrected chi connectivity index (χ0v) is 15.5. The van der Waals surface area contributed by atoms with E-state index >= 15 is 0 Å². The number of likely N-dealkylation sites (N-methyl/N-ethyl adjacent to an activating group) is 1. The van der Waals surface area contributed by atoms with Crippen molar-refractivity contribution in [2.45, 2.75) is 19.3 Å². The number of carbonyl (C=O) groups is 3. The van der Waals surface area contributed by atoms with Crippen molar-refractivity contribution in [2.24, 2.45) is 0 Å². The molecule has 1 heterocycles.